The molecule has 2 aromatic carbocycles. The van der Waals surface area contributed by atoms with Crippen LogP contribution in [0.1, 0.15) is 24.8 Å². The van der Waals surface area contributed by atoms with Crippen LogP contribution in [-0.4, -0.2) is 56.5 Å². The maximum atomic E-state index is 13.6. The number of fused-ring (bicyclic) bond motifs is 1. The van der Waals surface area contributed by atoms with E-state index in [9.17, 15) is 8.42 Å². The van der Waals surface area contributed by atoms with Crippen LogP contribution in [0.25, 0.3) is 0 Å². The van der Waals surface area contributed by atoms with Crippen molar-refractivity contribution in [3.8, 4) is 11.5 Å². The van der Waals surface area contributed by atoms with Crippen molar-refractivity contribution in [2.75, 3.05) is 33.3 Å². The maximum Gasteiger partial charge on any atom is 0.247 e. The summed E-state index contributed by atoms with van der Waals surface area (Å²) in [5, 5.41) is 0. The fraction of sp³-hybridized carbons (Fsp3) is 0.478. The van der Waals surface area contributed by atoms with Crippen molar-refractivity contribution >= 4 is 10.0 Å². The van der Waals surface area contributed by atoms with Crippen LogP contribution in [0, 0.1) is 5.92 Å². The Kier molecular flexibility index (Phi) is 5.00. The molecule has 6 nitrogen and oxygen atoms in total. The van der Waals surface area contributed by atoms with Crippen LogP contribution >= 0.6 is 0 Å². The van der Waals surface area contributed by atoms with Crippen molar-refractivity contribution in [1.29, 1.82) is 0 Å². The van der Waals surface area contributed by atoms with Gasteiger partial charge in [-0.3, -0.25) is 4.90 Å². The Morgan fingerprint density at radius 3 is 2.60 bits per heavy atom. The van der Waals surface area contributed by atoms with Gasteiger partial charge in [-0.25, -0.2) is 8.42 Å². The highest BCUT2D eigenvalue weighted by atomic mass is 32.2. The Morgan fingerprint density at radius 1 is 1.10 bits per heavy atom. The van der Waals surface area contributed by atoms with E-state index in [0.29, 0.717) is 18.8 Å². The molecule has 5 rings (SSSR count). The third-order valence-electron chi connectivity index (χ3n) is 6.38. The SMILES string of the molecule is COc1ccc(CN2C[C@@]3(CCN(CC4CC4)C3)Oc3ccccc3S2(=O)=O)cc1. The molecule has 2 aromatic rings. The Balaban J connectivity index is 1.48. The molecule has 1 saturated heterocycles. The van der Waals surface area contributed by atoms with Gasteiger partial charge in [-0.05, 0) is 48.6 Å². The van der Waals surface area contributed by atoms with Crippen LogP contribution in [0.3, 0.4) is 0 Å². The van der Waals surface area contributed by atoms with Gasteiger partial charge in [0, 0.05) is 32.6 Å². The van der Waals surface area contributed by atoms with Crippen LogP contribution < -0.4 is 9.47 Å². The van der Waals surface area contributed by atoms with Gasteiger partial charge in [0.15, 0.2) is 0 Å². The van der Waals surface area contributed by atoms with Crippen LogP contribution in [0.4, 0.5) is 0 Å². The molecule has 7 heteroatoms. The van der Waals surface area contributed by atoms with Gasteiger partial charge in [0.25, 0.3) is 0 Å². The van der Waals surface area contributed by atoms with E-state index < -0.39 is 15.6 Å². The minimum Gasteiger partial charge on any atom is -0.497 e. The molecule has 0 amide bonds. The van der Waals surface area contributed by atoms with Gasteiger partial charge in [0.2, 0.25) is 10.0 Å². The molecule has 0 unspecified atom stereocenters. The number of ether oxygens (including phenoxy) is 2. The van der Waals surface area contributed by atoms with Crippen LogP contribution in [0.2, 0.25) is 0 Å². The number of para-hydroxylation sites is 1. The second-order valence-corrected chi connectivity index (χ2v) is 10.7. The van der Waals surface area contributed by atoms with Gasteiger partial charge >= 0.3 is 0 Å². The third kappa shape index (κ3) is 3.82. The van der Waals surface area contributed by atoms with Crippen molar-refractivity contribution in [2.45, 2.75) is 36.3 Å². The van der Waals surface area contributed by atoms with E-state index in [1.54, 1.807) is 29.6 Å². The lowest BCUT2D eigenvalue weighted by molar-refractivity contribution is 0.0574. The predicted octanol–water partition coefficient (Wildman–Crippen LogP) is 3.13. The Hall–Kier alpha value is -2.09. The summed E-state index contributed by atoms with van der Waals surface area (Å²) in [6.07, 6.45) is 3.46. The fourth-order valence-corrected chi connectivity index (χ4v) is 6.21. The summed E-state index contributed by atoms with van der Waals surface area (Å²) in [5.41, 5.74) is 0.419. The van der Waals surface area contributed by atoms with E-state index in [1.165, 1.54) is 12.8 Å². The van der Waals surface area contributed by atoms with Crippen molar-refractivity contribution in [1.82, 2.24) is 9.21 Å². The minimum absolute atomic E-state index is 0.260. The monoisotopic (exact) mass is 428 g/mol. The first-order valence-corrected chi connectivity index (χ1v) is 12.0. The molecule has 0 aromatic heterocycles. The van der Waals surface area contributed by atoms with E-state index >= 15 is 0 Å². The number of likely N-dealkylation sites (tertiary alicyclic amines) is 1. The summed E-state index contributed by atoms with van der Waals surface area (Å²) in [6.45, 7) is 3.49. The topological polar surface area (TPSA) is 59.1 Å². The minimum atomic E-state index is -3.67. The van der Waals surface area contributed by atoms with Crippen molar-refractivity contribution in [2.24, 2.45) is 5.92 Å². The molecule has 0 N–H and O–H groups in total. The number of rotatable bonds is 5. The predicted molar refractivity (Wildman–Crippen MR) is 114 cm³/mol. The van der Waals surface area contributed by atoms with Crippen molar-refractivity contribution < 1.29 is 17.9 Å². The van der Waals surface area contributed by atoms with Gasteiger partial charge in [-0.1, -0.05) is 24.3 Å². The number of hydrogen-bond acceptors (Lipinski definition) is 5. The zero-order valence-electron chi connectivity index (χ0n) is 17.3. The van der Waals surface area contributed by atoms with Gasteiger partial charge in [-0.2, -0.15) is 4.31 Å². The molecule has 1 atom stereocenters. The molecule has 2 heterocycles. The average molecular weight is 429 g/mol. The van der Waals surface area contributed by atoms with E-state index in [1.807, 2.05) is 30.3 Å². The number of benzene rings is 2. The lowest BCUT2D eigenvalue weighted by Crippen LogP contribution is -2.49. The van der Waals surface area contributed by atoms with Crippen LogP contribution in [0.5, 0.6) is 11.5 Å². The normalized spacial score (nSPS) is 26.2. The smallest absolute Gasteiger partial charge is 0.247 e. The molecule has 30 heavy (non-hydrogen) atoms. The molecule has 3 aliphatic rings. The average Bonchev–Trinajstić information content (AvgIpc) is 3.49. The molecular weight excluding hydrogens is 400 g/mol. The molecule has 2 aliphatic heterocycles. The number of methoxy groups -OCH3 is 1. The number of hydrogen-bond donors (Lipinski definition) is 0. The standard InChI is InChI=1S/C23H28N2O4S/c1-28-20-10-8-19(9-11-20)15-25-17-23(12-13-24(16-23)14-18-6-7-18)29-21-4-2-3-5-22(21)30(25,26)27/h2-5,8-11,18H,6-7,12-17H2,1H3/t23-/m0/s1. The van der Waals surface area contributed by atoms with Crippen LogP contribution in [0.15, 0.2) is 53.4 Å². The first-order valence-electron chi connectivity index (χ1n) is 10.6. The highest BCUT2D eigenvalue weighted by Gasteiger charge is 2.48. The summed E-state index contributed by atoms with van der Waals surface area (Å²) in [5.74, 6) is 2.04. The van der Waals surface area contributed by atoms with Gasteiger partial charge in [0.05, 0.1) is 13.7 Å². The van der Waals surface area contributed by atoms with Crippen molar-refractivity contribution in [3.05, 3.63) is 54.1 Å². The summed E-state index contributed by atoms with van der Waals surface area (Å²) >= 11 is 0. The quantitative estimate of drug-likeness (QED) is 0.732. The largest absolute Gasteiger partial charge is 0.497 e. The lowest BCUT2D eigenvalue weighted by atomic mass is 10.0. The van der Waals surface area contributed by atoms with E-state index in [0.717, 1.165) is 43.3 Å². The van der Waals surface area contributed by atoms with Crippen molar-refractivity contribution in [3.63, 3.8) is 0 Å². The zero-order chi connectivity index (χ0) is 20.8. The molecule has 0 radical (unpaired) electrons. The summed E-state index contributed by atoms with van der Waals surface area (Å²) in [6, 6.07) is 14.6. The summed E-state index contributed by atoms with van der Waals surface area (Å²) in [4.78, 5) is 2.71. The Morgan fingerprint density at radius 2 is 1.87 bits per heavy atom. The number of sulfonamides is 1. The maximum absolute atomic E-state index is 13.6. The molecule has 160 valence electrons. The van der Waals surface area contributed by atoms with Gasteiger partial charge in [-0.15, -0.1) is 0 Å². The molecule has 1 aliphatic carbocycles. The summed E-state index contributed by atoms with van der Waals surface area (Å²) < 4.78 is 40.5. The molecule has 0 bridgehead atoms. The highest BCUT2D eigenvalue weighted by Crippen LogP contribution is 2.40. The molecule has 2 fully saturated rings. The van der Waals surface area contributed by atoms with E-state index in [4.69, 9.17) is 9.47 Å². The fourth-order valence-electron chi connectivity index (χ4n) is 4.60. The highest BCUT2D eigenvalue weighted by molar-refractivity contribution is 7.89. The lowest BCUT2D eigenvalue weighted by Gasteiger charge is -2.32. The van der Waals surface area contributed by atoms with Gasteiger partial charge < -0.3 is 9.47 Å². The van der Waals surface area contributed by atoms with Gasteiger partial charge in [0.1, 0.15) is 22.0 Å². The first-order chi connectivity index (χ1) is 14.5. The third-order valence-corrected chi connectivity index (χ3v) is 8.22. The summed E-state index contributed by atoms with van der Waals surface area (Å²) in [7, 11) is -2.04. The Bertz CT molecular complexity index is 1020. The zero-order valence-corrected chi connectivity index (χ0v) is 18.1. The van der Waals surface area contributed by atoms with E-state index in [-0.39, 0.29) is 4.90 Å². The Labute approximate surface area is 178 Å². The molecule has 1 saturated carbocycles. The number of nitrogens with zero attached hydrogens (tertiary/aromatic N) is 2. The molecular formula is C23H28N2O4S. The second-order valence-electron chi connectivity index (χ2n) is 8.78. The molecule has 1 spiro atoms. The first kappa shape index (κ1) is 19.8. The van der Waals surface area contributed by atoms with Crippen LogP contribution in [-0.2, 0) is 16.6 Å². The second kappa shape index (κ2) is 7.55. The van der Waals surface area contributed by atoms with E-state index in [2.05, 4.69) is 4.90 Å².